The van der Waals surface area contributed by atoms with Gasteiger partial charge in [0, 0.05) is 39.1 Å². The topological polar surface area (TPSA) is 137 Å². The van der Waals surface area contributed by atoms with Crippen LogP contribution in [0, 0.1) is 0 Å². The molecule has 0 aromatic heterocycles. The average Bonchev–Trinajstić information content (AvgIpc) is 3.13. The maximum absolute atomic E-state index is 13.1. The third kappa shape index (κ3) is 7.66. The molecule has 3 aliphatic heterocycles. The summed E-state index contributed by atoms with van der Waals surface area (Å²) in [7, 11) is 0. The molecule has 1 aromatic rings. The van der Waals surface area contributed by atoms with Gasteiger partial charge in [0.25, 0.3) is 17.7 Å². The second-order valence-corrected chi connectivity index (χ2v) is 9.27. The molecule has 11 nitrogen and oxygen atoms in total. The van der Waals surface area contributed by atoms with Crippen molar-refractivity contribution in [2.24, 2.45) is 0 Å². The van der Waals surface area contributed by atoms with E-state index in [1.807, 2.05) is 0 Å². The molecule has 210 valence electrons. The van der Waals surface area contributed by atoms with E-state index >= 15 is 0 Å². The molecule has 3 aliphatic rings. The van der Waals surface area contributed by atoms with E-state index in [4.69, 9.17) is 4.74 Å². The van der Waals surface area contributed by atoms with Crippen molar-refractivity contribution in [3.8, 4) is 5.75 Å². The molecule has 3 N–H and O–H groups in total. The molecule has 38 heavy (non-hydrogen) atoms. The first-order valence-corrected chi connectivity index (χ1v) is 12.6. The van der Waals surface area contributed by atoms with Gasteiger partial charge in [-0.2, -0.15) is 0 Å². The fourth-order valence-electron chi connectivity index (χ4n) is 4.78. The summed E-state index contributed by atoms with van der Waals surface area (Å²) in [4.78, 5) is 65.2. The van der Waals surface area contributed by atoms with Gasteiger partial charge in [0.05, 0.1) is 11.1 Å². The molecule has 0 spiro atoms. The lowest BCUT2D eigenvalue weighted by molar-refractivity contribution is -0.136. The van der Waals surface area contributed by atoms with Crippen LogP contribution in [0.25, 0.3) is 0 Å². The Morgan fingerprint density at radius 2 is 1.74 bits per heavy atom. The van der Waals surface area contributed by atoms with E-state index < -0.39 is 29.7 Å². The van der Waals surface area contributed by atoms with Crippen LogP contribution in [0.5, 0.6) is 5.75 Å². The Labute approximate surface area is 234 Å². The predicted molar refractivity (Wildman–Crippen MR) is 144 cm³/mol. The van der Waals surface area contributed by atoms with Crippen LogP contribution >= 0.6 is 24.8 Å². The van der Waals surface area contributed by atoms with Gasteiger partial charge < -0.3 is 20.3 Å². The number of hydrogen-bond acceptors (Lipinski definition) is 8. The van der Waals surface area contributed by atoms with Crippen molar-refractivity contribution in [3.05, 3.63) is 29.3 Å². The second kappa shape index (κ2) is 15.0. The standard InChI is InChI=1S/C25H33N5O6.2ClH/c31-20-9-8-18(23(33)28-20)30-24(34)17-6-5-7-19(22(17)25(30)35)36-16-21(32)27-10-3-1-2-4-13-29-14-11-26-12-15-29;;/h5-7,18,26H,1-4,8-16H2,(H,27,32)(H,28,31,33);2*1H. The zero-order chi connectivity index (χ0) is 25.5. The Hall–Kier alpha value is -2.73. The molecule has 5 amide bonds. The zero-order valence-electron chi connectivity index (χ0n) is 21.2. The van der Waals surface area contributed by atoms with Gasteiger partial charge in [-0.25, -0.2) is 0 Å². The number of ether oxygens (including phenoxy) is 1. The first-order chi connectivity index (χ1) is 17.5. The van der Waals surface area contributed by atoms with Crippen LogP contribution in [0.15, 0.2) is 18.2 Å². The number of hydrogen-bond donors (Lipinski definition) is 3. The summed E-state index contributed by atoms with van der Waals surface area (Å²) >= 11 is 0. The van der Waals surface area contributed by atoms with Crippen LogP contribution < -0.4 is 20.7 Å². The molecule has 4 rings (SSSR count). The van der Waals surface area contributed by atoms with Gasteiger partial charge in [0.2, 0.25) is 11.8 Å². The Kier molecular flexibility index (Phi) is 12.4. The Bertz CT molecular complexity index is 1030. The maximum Gasteiger partial charge on any atom is 0.266 e. The van der Waals surface area contributed by atoms with Gasteiger partial charge in [0.15, 0.2) is 6.61 Å². The normalized spacial score (nSPS) is 19.3. The molecule has 2 fully saturated rings. The van der Waals surface area contributed by atoms with Crippen molar-refractivity contribution in [1.29, 1.82) is 0 Å². The minimum Gasteiger partial charge on any atom is -0.483 e. The fourth-order valence-corrected chi connectivity index (χ4v) is 4.78. The number of benzene rings is 1. The van der Waals surface area contributed by atoms with Gasteiger partial charge in [-0.05, 0) is 37.9 Å². The zero-order valence-corrected chi connectivity index (χ0v) is 22.8. The van der Waals surface area contributed by atoms with Crippen molar-refractivity contribution in [3.63, 3.8) is 0 Å². The molecule has 13 heteroatoms. The van der Waals surface area contributed by atoms with E-state index in [0.717, 1.165) is 63.3 Å². The van der Waals surface area contributed by atoms with Crippen LogP contribution in [0.2, 0.25) is 0 Å². The first-order valence-electron chi connectivity index (χ1n) is 12.6. The summed E-state index contributed by atoms with van der Waals surface area (Å²) in [5.41, 5.74) is 0.146. The predicted octanol–water partition coefficient (Wildman–Crippen LogP) is 0.892. The number of rotatable bonds is 11. The Morgan fingerprint density at radius 3 is 2.47 bits per heavy atom. The Balaban J connectivity index is 0.00000253. The summed E-state index contributed by atoms with van der Waals surface area (Å²) in [6.07, 6.45) is 4.30. The van der Waals surface area contributed by atoms with Gasteiger partial charge in [-0.1, -0.05) is 18.9 Å². The molecule has 0 radical (unpaired) electrons. The van der Waals surface area contributed by atoms with E-state index in [0.29, 0.717) is 6.54 Å². The number of piperazine rings is 1. The lowest BCUT2D eigenvalue weighted by atomic mass is 10.0. The number of imide groups is 2. The van der Waals surface area contributed by atoms with Gasteiger partial charge in [-0.3, -0.25) is 34.2 Å². The lowest BCUT2D eigenvalue weighted by Gasteiger charge is -2.27. The molecule has 1 atom stereocenters. The minimum atomic E-state index is -1.05. The van der Waals surface area contributed by atoms with E-state index in [9.17, 15) is 24.0 Å². The van der Waals surface area contributed by atoms with Gasteiger partial charge >= 0.3 is 0 Å². The number of fused-ring (bicyclic) bond motifs is 1. The van der Waals surface area contributed by atoms with Crippen LogP contribution in [-0.2, 0) is 14.4 Å². The van der Waals surface area contributed by atoms with E-state index in [-0.39, 0.29) is 67.0 Å². The number of piperidine rings is 1. The summed E-state index contributed by atoms with van der Waals surface area (Å²) < 4.78 is 5.59. The monoisotopic (exact) mass is 571 g/mol. The summed E-state index contributed by atoms with van der Waals surface area (Å²) in [5.74, 6) is -2.59. The minimum absolute atomic E-state index is 0. The van der Waals surface area contributed by atoms with E-state index in [2.05, 4.69) is 20.9 Å². The molecule has 0 aliphatic carbocycles. The molecular formula is C25H35Cl2N5O6. The molecule has 2 saturated heterocycles. The number of carbonyl (C=O) groups is 5. The van der Waals surface area contributed by atoms with E-state index in [1.165, 1.54) is 12.1 Å². The van der Waals surface area contributed by atoms with Crippen molar-refractivity contribution in [2.45, 2.75) is 44.6 Å². The van der Waals surface area contributed by atoms with Crippen molar-refractivity contribution >= 4 is 54.3 Å². The van der Waals surface area contributed by atoms with Crippen molar-refractivity contribution < 1.29 is 28.7 Å². The van der Waals surface area contributed by atoms with Crippen LogP contribution in [-0.4, -0.2) is 91.3 Å². The number of nitrogens with zero attached hydrogens (tertiary/aromatic N) is 2. The van der Waals surface area contributed by atoms with Crippen molar-refractivity contribution in [1.82, 2.24) is 25.8 Å². The number of carbonyl (C=O) groups excluding carboxylic acids is 5. The van der Waals surface area contributed by atoms with Gasteiger partial charge in [-0.15, -0.1) is 24.8 Å². The summed E-state index contributed by atoms with van der Waals surface area (Å²) in [5, 5.41) is 8.34. The largest absolute Gasteiger partial charge is 0.483 e. The number of halogens is 2. The Morgan fingerprint density at radius 1 is 1.00 bits per heavy atom. The third-order valence-electron chi connectivity index (χ3n) is 6.72. The number of amides is 5. The molecule has 1 aromatic carbocycles. The summed E-state index contributed by atoms with van der Waals surface area (Å²) in [6, 6.07) is 3.51. The van der Waals surface area contributed by atoms with Gasteiger partial charge in [0.1, 0.15) is 11.8 Å². The van der Waals surface area contributed by atoms with Crippen LogP contribution in [0.3, 0.4) is 0 Å². The highest BCUT2D eigenvalue weighted by atomic mass is 35.5. The maximum atomic E-state index is 13.1. The van der Waals surface area contributed by atoms with Crippen LogP contribution in [0.4, 0.5) is 0 Å². The number of nitrogens with one attached hydrogen (secondary N) is 3. The molecular weight excluding hydrogens is 537 g/mol. The molecule has 3 heterocycles. The van der Waals surface area contributed by atoms with Crippen LogP contribution in [0.1, 0.15) is 59.2 Å². The van der Waals surface area contributed by atoms with Crippen molar-refractivity contribution in [2.75, 3.05) is 45.9 Å². The first kappa shape index (κ1) is 31.5. The highest BCUT2D eigenvalue weighted by Crippen LogP contribution is 2.33. The van der Waals surface area contributed by atoms with E-state index in [1.54, 1.807) is 6.07 Å². The summed E-state index contributed by atoms with van der Waals surface area (Å²) in [6.45, 7) is 5.70. The lowest BCUT2D eigenvalue weighted by Crippen LogP contribution is -2.54. The smallest absolute Gasteiger partial charge is 0.266 e. The SMILES string of the molecule is Cl.Cl.O=C(COc1cccc2c1C(=O)N(C1CCC(=O)NC1=O)C2=O)NCCCCCCN1CCNCC1. The third-order valence-corrected chi connectivity index (χ3v) is 6.72. The average molecular weight is 572 g/mol. The highest BCUT2D eigenvalue weighted by molar-refractivity contribution is 6.24. The molecule has 0 saturated carbocycles. The quantitative estimate of drug-likeness (QED) is 0.263. The molecule has 1 unspecified atom stereocenters. The second-order valence-electron chi connectivity index (χ2n) is 9.27. The molecule has 0 bridgehead atoms. The highest BCUT2D eigenvalue weighted by Gasteiger charge is 2.46. The fraction of sp³-hybridized carbons (Fsp3) is 0.560. The number of unbranched alkanes of at least 4 members (excludes halogenated alkanes) is 3.